The van der Waals surface area contributed by atoms with Crippen molar-refractivity contribution in [3.05, 3.63) is 83.4 Å². The first-order valence-electron chi connectivity index (χ1n) is 11.1. The number of amides is 1. The molecule has 170 valence electrons. The number of carbonyl (C=O) groups is 1. The van der Waals surface area contributed by atoms with Crippen LogP contribution >= 0.6 is 11.3 Å². The third kappa shape index (κ3) is 5.41. The van der Waals surface area contributed by atoms with E-state index in [-0.39, 0.29) is 5.91 Å². The van der Waals surface area contributed by atoms with E-state index < -0.39 is 0 Å². The summed E-state index contributed by atoms with van der Waals surface area (Å²) in [6.45, 7) is 5.69. The van der Waals surface area contributed by atoms with Gasteiger partial charge in [0.2, 0.25) is 0 Å². The van der Waals surface area contributed by atoms with Crippen molar-refractivity contribution in [2.75, 3.05) is 32.1 Å². The lowest BCUT2D eigenvalue weighted by molar-refractivity contribution is 0.0986. The van der Waals surface area contributed by atoms with E-state index in [0.717, 1.165) is 39.6 Å². The molecule has 0 spiro atoms. The second-order valence-electron chi connectivity index (χ2n) is 8.40. The molecule has 0 unspecified atom stereocenters. The van der Waals surface area contributed by atoms with Gasteiger partial charge in [0.15, 0.2) is 5.13 Å². The third-order valence-corrected chi connectivity index (χ3v) is 6.66. The minimum atomic E-state index is -0.0477. The maximum Gasteiger partial charge on any atom is 0.260 e. The van der Waals surface area contributed by atoms with Gasteiger partial charge >= 0.3 is 0 Å². The van der Waals surface area contributed by atoms with E-state index in [2.05, 4.69) is 30.9 Å². The molecule has 4 aromatic rings. The Morgan fingerprint density at radius 3 is 2.30 bits per heavy atom. The van der Waals surface area contributed by atoms with Crippen molar-refractivity contribution in [1.82, 2.24) is 9.88 Å². The highest BCUT2D eigenvalue weighted by atomic mass is 32.1. The number of aromatic nitrogens is 1. The van der Waals surface area contributed by atoms with Gasteiger partial charge < -0.3 is 9.64 Å². The lowest BCUT2D eigenvalue weighted by Gasteiger charge is -2.21. The lowest BCUT2D eigenvalue weighted by atomic mass is 10.1. The normalized spacial score (nSPS) is 11.2. The van der Waals surface area contributed by atoms with Gasteiger partial charge in [-0.1, -0.05) is 35.6 Å². The van der Waals surface area contributed by atoms with E-state index in [9.17, 15) is 4.79 Å². The number of rotatable bonds is 8. The first-order valence-corrected chi connectivity index (χ1v) is 11.9. The van der Waals surface area contributed by atoms with E-state index in [1.165, 1.54) is 5.56 Å². The largest absolute Gasteiger partial charge is 0.457 e. The molecule has 0 saturated carbocycles. The molecule has 0 saturated heterocycles. The van der Waals surface area contributed by atoms with Crippen LogP contribution in [0.4, 0.5) is 5.13 Å². The molecule has 3 aromatic carbocycles. The van der Waals surface area contributed by atoms with Crippen LogP contribution in [0.1, 0.15) is 27.9 Å². The van der Waals surface area contributed by atoms with Crippen LogP contribution in [0.25, 0.3) is 10.2 Å². The van der Waals surface area contributed by atoms with E-state index >= 15 is 0 Å². The third-order valence-electron chi connectivity index (χ3n) is 5.62. The maximum absolute atomic E-state index is 13.6. The Bertz CT molecular complexity index is 1230. The summed E-state index contributed by atoms with van der Waals surface area (Å²) in [5.74, 6) is 1.42. The predicted octanol–water partition coefficient (Wildman–Crippen LogP) is 6.30. The van der Waals surface area contributed by atoms with Gasteiger partial charge in [0.25, 0.3) is 5.91 Å². The average Bonchev–Trinajstić information content (AvgIpc) is 3.24. The number of hydrogen-bond donors (Lipinski definition) is 0. The molecule has 0 aliphatic carbocycles. The summed E-state index contributed by atoms with van der Waals surface area (Å²) in [5, 5.41) is 0.743. The van der Waals surface area contributed by atoms with Gasteiger partial charge in [0.1, 0.15) is 11.5 Å². The molecule has 0 aliphatic heterocycles. The van der Waals surface area contributed by atoms with Crippen LogP contribution in [0.15, 0.2) is 66.7 Å². The van der Waals surface area contributed by atoms with Crippen molar-refractivity contribution in [2.45, 2.75) is 20.3 Å². The SMILES string of the molecule is Cc1ccc2sc(N(CCCN(C)C)C(=O)c3ccc(Oc4ccccc4)cc3)nc2c1C. The van der Waals surface area contributed by atoms with Gasteiger partial charge in [-0.2, -0.15) is 0 Å². The molecule has 0 aliphatic rings. The summed E-state index contributed by atoms with van der Waals surface area (Å²) < 4.78 is 6.97. The number of para-hydroxylation sites is 1. The summed E-state index contributed by atoms with van der Waals surface area (Å²) >= 11 is 1.57. The Morgan fingerprint density at radius 2 is 1.61 bits per heavy atom. The van der Waals surface area contributed by atoms with Crippen LogP contribution in [0.2, 0.25) is 0 Å². The molecule has 0 bridgehead atoms. The van der Waals surface area contributed by atoms with E-state index in [4.69, 9.17) is 9.72 Å². The summed E-state index contributed by atoms with van der Waals surface area (Å²) in [5.41, 5.74) is 3.97. The molecule has 0 fully saturated rings. The number of anilines is 1. The monoisotopic (exact) mass is 459 g/mol. The van der Waals surface area contributed by atoms with Gasteiger partial charge in [-0.3, -0.25) is 9.69 Å². The highest BCUT2D eigenvalue weighted by molar-refractivity contribution is 7.22. The molecule has 1 heterocycles. The Labute approximate surface area is 199 Å². The van der Waals surface area contributed by atoms with Gasteiger partial charge in [0.05, 0.1) is 10.2 Å². The minimum Gasteiger partial charge on any atom is -0.457 e. The molecule has 0 N–H and O–H groups in total. The zero-order chi connectivity index (χ0) is 23.4. The second-order valence-corrected chi connectivity index (χ2v) is 9.41. The van der Waals surface area contributed by atoms with Crippen molar-refractivity contribution in [1.29, 1.82) is 0 Å². The highest BCUT2D eigenvalue weighted by Gasteiger charge is 2.22. The highest BCUT2D eigenvalue weighted by Crippen LogP contribution is 2.33. The van der Waals surface area contributed by atoms with Gasteiger partial charge in [-0.15, -0.1) is 0 Å². The molecular weight excluding hydrogens is 430 g/mol. The smallest absolute Gasteiger partial charge is 0.260 e. The van der Waals surface area contributed by atoms with Crippen molar-refractivity contribution in [3.8, 4) is 11.5 Å². The number of carbonyl (C=O) groups excluding carboxylic acids is 1. The zero-order valence-electron chi connectivity index (χ0n) is 19.5. The number of aryl methyl sites for hydroxylation is 2. The number of thiazole rings is 1. The van der Waals surface area contributed by atoms with Crippen LogP contribution in [-0.4, -0.2) is 43.0 Å². The summed E-state index contributed by atoms with van der Waals surface area (Å²) in [6, 6.07) is 21.1. The number of nitrogens with zero attached hydrogens (tertiary/aromatic N) is 3. The predicted molar refractivity (Wildman–Crippen MR) is 137 cm³/mol. The first kappa shape index (κ1) is 23.0. The van der Waals surface area contributed by atoms with E-state index in [1.54, 1.807) is 11.3 Å². The van der Waals surface area contributed by atoms with Crippen LogP contribution < -0.4 is 9.64 Å². The molecule has 0 atom stereocenters. The van der Waals surface area contributed by atoms with Gasteiger partial charge in [-0.25, -0.2) is 4.98 Å². The van der Waals surface area contributed by atoms with Crippen LogP contribution in [0.3, 0.4) is 0 Å². The van der Waals surface area contributed by atoms with Crippen molar-refractivity contribution >= 4 is 32.6 Å². The van der Waals surface area contributed by atoms with Gasteiger partial charge in [0, 0.05) is 12.1 Å². The fourth-order valence-electron chi connectivity index (χ4n) is 3.60. The van der Waals surface area contributed by atoms with E-state index in [0.29, 0.717) is 17.9 Å². The maximum atomic E-state index is 13.6. The van der Waals surface area contributed by atoms with Crippen molar-refractivity contribution in [3.63, 3.8) is 0 Å². The first-order chi connectivity index (χ1) is 15.9. The fourth-order valence-corrected chi connectivity index (χ4v) is 4.65. The molecule has 33 heavy (non-hydrogen) atoms. The Morgan fingerprint density at radius 1 is 0.909 bits per heavy atom. The summed E-state index contributed by atoms with van der Waals surface area (Å²) in [6.07, 6.45) is 0.863. The molecule has 4 rings (SSSR count). The Hall–Kier alpha value is -3.22. The van der Waals surface area contributed by atoms with Crippen molar-refractivity contribution < 1.29 is 9.53 Å². The summed E-state index contributed by atoms with van der Waals surface area (Å²) in [7, 11) is 4.09. The van der Waals surface area contributed by atoms with Gasteiger partial charge in [-0.05, 0) is 94.5 Å². The van der Waals surface area contributed by atoms with E-state index in [1.807, 2.05) is 73.6 Å². The Kier molecular flexibility index (Phi) is 7.06. The molecule has 5 nitrogen and oxygen atoms in total. The zero-order valence-corrected chi connectivity index (χ0v) is 20.4. The number of benzene rings is 3. The topological polar surface area (TPSA) is 45.7 Å². The molecule has 6 heteroatoms. The van der Waals surface area contributed by atoms with Crippen LogP contribution in [-0.2, 0) is 0 Å². The second kappa shape index (κ2) is 10.1. The fraction of sp³-hybridized carbons (Fsp3) is 0.259. The number of hydrogen-bond acceptors (Lipinski definition) is 5. The standard InChI is InChI=1S/C27H29N3O2S/c1-19-11-16-24-25(20(19)2)28-27(33-24)30(18-8-17-29(3)4)26(31)21-12-14-23(15-13-21)32-22-9-6-5-7-10-22/h5-7,9-16H,8,17-18H2,1-4H3. The molecule has 0 radical (unpaired) electrons. The van der Waals surface area contributed by atoms with Crippen LogP contribution in [0, 0.1) is 13.8 Å². The Balaban J connectivity index is 1.60. The molecule has 1 aromatic heterocycles. The van der Waals surface area contributed by atoms with Crippen molar-refractivity contribution in [2.24, 2.45) is 0 Å². The average molecular weight is 460 g/mol. The molecule has 1 amide bonds. The molecular formula is C27H29N3O2S. The number of ether oxygens (including phenoxy) is 1. The summed E-state index contributed by atoms with van der Waals surface area (Å²) in [4.78, 5) is 22.4. The lowest BCUT2D eigenvalue weighted by Crippen LogP contribution is -2.33. The number of fused-ring (bicyclic) bond motifs is 1. The minimum absolute atomic E-state index is 0.0477. The quantitative estimate of drug-likeness (QED) is 0.310. The van der Waals surface area contributed by atoms with Crippen LogP contribution in [0.5, 0.6) is 11.5 Å².